The van der Waals surface area contributed by atoms with E-state index in [0.717, 1.165) is 13.0 Å². The number of rotatable bonds is 1. The minimum atomic E-state index is -4.60. The van der Waals surface area contributed by atoms with Crippen molar-refractivity contribution in [2.75, 3.05) is 0 Å². The lowest BCUT2D eigenvalue weighted by Crippen LogP contribution is -2.37. The molecular formula is C15H17F3N4O. The molecule has 2 aromatic heterocycles. The van der Waals surface area contributed by atoms with Crippen LogP contribution in [0.15, 0.2) is 6.07 Å². The highest BCUT2D eigenvalue weighted by Gasteiger charge is 2.38. The van der Waals surface area contributed by atoms with Crippen molar-refractivity contribution in [1.82, 2.24) is 9.78 Å². The van der Waals surface area contributed by atoms with Gasteiger partial charge in [0.05, 0.1) is 0 Å². The molecule has 0 N–H and O–H groups in total. The van der Waals surface area contributed by atoms with Gasteiger partial charge >= 0.3 is 6.18 Å². The second-order valence-electron chi connectivity index (χ2n) is 5.02. The Morgan fingerprint density at radius 2 is 1.87 bits per heavy atom. The third-order valence-electron chi connectivity index (χ3n) is 3.55. The quantitative estimate of drug-likeness (QED) is 0.597. The van der Waals surface area contributed by atoms with Gasteiger partial charge in [-0.15, -0.1) is 0 Å². The van der Waals surface area contributed by atoms with E-state index >= 15 is 0 Å². The van der Waals surface area contributed by atoms with E-state index < -0.39 is 17.4 Å². The Balaban J connectivity index is 0.00000264. The average molecular weight is 326 g/mol. The van der Waals surface area contributed by atoms with Crippen LogP contribution in [0.1, 0.15) is 35.5 Å². The molecule has 0 fully saturated rings. The Morgan fingerprint density at radius 1 is 1.30 bits per heavy atom. The number of pyridine rings is 1. The van der Waals surface area contributed by atoms with Gasteiger partial charge in [-0.3, -0.25) is 4.68 Å². The zero-order valence-electron chi connectivity index (χ0n) is 12.4. The van der Waals surface area contributed by atoms with Crippen LogP contribution in [-0.2, 0) is 13.2 Å². The second-order valence-corrected chi connectivity index (χ2v) is 5.02. The number of halogens is 3. The van der Waals surface area contributed by atoms with E-state index in [1.54, 1.807) is 6.92 Å². The summed E-state index contributed by atoms with van der Waals surface area (Å²) in [6, 6.07) is 2.88. The van der Waals surface area contributed by atoms with E-state index in [2.05, 4.69) is 5.10 Å². The fraction of sp³-hybridized carbons (Fsp3) is 0.400. The monoisotopic (exact) mass is 326 g/mol. The fourth-order valence-electron chi connectivity index (χ4n) is 2.41. The van der Waals surface area contributed by atoms with Crippen LogP contribution in [0.25, 0.3) is 11.4 Å². The number of nitrogens with zero attached hydrogens (tertiary/aromatic N) is 4. The van der Waals surface area contributed by atoms with Gasteiger partial charge in [-0.05, 0) is 19.9 Å². The lowest BCUT2D eigenvalue weighted by atomic mass is 10.0. The minimum absolute atomic E-state index is 0. The maximum Gasteiger partial charge on any atom is 0.422 e. The first-order valence-electron chi connectivity index (χ1n) is 6.34. The fourth-order valence-corrected chi connectivity index (χ4v) is 2.41. The summed E-state index contributed by atoms with van der Waals surface area (Å²) in [5.41, 5.74) is -0.319. The molecule has 2 heterocycles. The molecule has 0 atom stereocenters. The van der Waals surface area contributed by atoms with Crippen LogP contribution in [-0.4, -0.2) is 9.78 Å². The summed E-state index contributed by atoms with van der Waals surface area (Å²) >= 11 is 0. The van der Waals surface area contributed by atoms with Crippen LogP contribution in [0.3, 0.4) is 0 Å². The smallest absolute Gasteiger partial charge is 0.422 e. The normalized spacial score (nSPS) is 11.0. The van der Waals surface area contributed by atoms with Crippen LogP contribution in [0.5, 0.6) is 0 Å². The molecule has 0 saturated carbocycles. The number of hydrogen-bond acceptors (Lipinski definition) is 3. The van der Waals surface area contributed by atoms with Gasteiger partial charge in [0.2, 0.25) is 11.4 Å². The second kappa shape index (κ2) is 5.91. The molecule has 23 heavy (non-hydrogen) atoms. The molecule has 0 aliphatic rings. The SMILES string of the molecule is C.Cc1cc(C(F)(F)F)c(C)[n+]([O-])c1-c1nn(C)c(C#N)c1C. The van der Waals surface area contributed by atoms with Crippen molar-refractivity contribution >= 4 is 0 Å². The Kier molecular flexibility index (Phi) is 4.75. The molecule has 0 saturated heterocycles. The summed E-state index contributed by atoms with van der Waals surface area (Å²) in [6.07, 6.45) is -4.60. The molecule has 8 heteroatoms. The van der Waals surface area contributed by atoms with Crippen molar-refractivity contribution in [3.8, 4) is 17.5 Å². The van der Waals surface area contributed by atoms with Crippen molar-refractivity contribution < 1.29 is 17.9 Å². The van der Waals surface area contributed by atoms with E-state index in [-0.39, 0.29) is 34.8 Å². The van der Waals surface area contributed by atoms with Gasteiger partial charge < -0.3 is 5.21 Å². The summed E-state index contributed by atoms with van der Waals surface area (Å²) in [4.78, 5) is 0. The zero-order valence-corrected chi connectivity index (χ0v) is 12.4. The first-order chi connectivity index (χ1) is 10.1. The van der Waals surface area contributed by atoms with Crippen LogP contribution < -0.4 is 4.73 Å². The molecule has 0 aliphatic heterocycles. The average Bonchev–Trinajstić information content (AvgIpc) is 2.68. The van der Waals surface area contributed by atoms with Crippen LogP contribution >= 0.6 is 0 Å². The Morgan fingerprint density at radius 3 is 2.30 bits per heavy atom. The maximum absolute atomic E-state index is 12.9. The van der Waals surface area contributed by atoms with Crippen molar-refractivity contribution in [3.05, 3.63) is 39.4 Å². The highest BCUT2D eigenvalue weighted by atomic mass is 19.4. The zero-order chi connectivity index (χ0) is 16.8. The van der Waals surface area contributed by atoms with E-state index in [1.165, 1.54) is 18.7 Å². The Bertz CT molecular complexity index is 801. The van der Waals surface area contributed by atoms with Crippen molar-refractivity contribution in [1.29, 1.82) is 5.26 Å². The highest BCUT2D eigenvalue weighted by molar-refractivity contribution is 5.63. The van der Waals surface area contributed by atoms with Crippen LogP contribution in [0.4, 0.5) is 13.2 Å². The number of alkyl halides is 3. The first-order valence-corrected chi connectivity index (χ1v) is 6.34. The number of aromatic nitrogens is 3. The number of nitriles is 1. The molecule has 2 aromatic rings. The molecule has 0 amide bonds. The summed E-state index contributed by atoms with van der Waals surface area (Å²) < 4.78 is 40.3. The molecule has 0 aliphatic carbocycles. The predicted molar refractivity (Wildman–Crippen MR) is 78.3 cm³/mol. The highest BCUT2D eigenvalue weighted by Crippen LogP contribution is 2.34. The van der Waals surface area contributed by atoms with Gasteiger partial charge in [0.1, 0.15) is 17.3 Å². The van der Waals surface area contributed by atoms with Gasteiger partial charge in [0.25, 0.3) is 0 Å². The molecule has 2 rings (SSSR count). The largest absolute Gasteiger partial charge is 0.618 e. The predicted octanol–water partition coefficient (Wildman–Crippen LogP) is 3.17. The molecule has 5 nitrogen and oxygen atoms in total. The third kappa shape index (κ3) is 2.86. The summed E-state index contributed by atoms with van der Waals surface area (Å²) in [5.74, 6) is 0. The van der Waals surface area contributed by atoms with Gasteiger partial charge in [-0.1, -0.05) is 7.43 Å². The molecule has 0 aromatic carbocycles. The Hall–Kier alpha value is -2.56. The van der Waals surface area contributed by atoms with E-state index in [0.29, 0.717) is 5.56 Å². The minimum Gasteiger partial charge on any atom is -0.618 e. The van der Waals surface area contributed by atoms with Crippen molar-refractivity contribution in [3.63, 3.8) is 0 Å². The topological polar surface area (TPSA) is 68.5 Å². The van der Waals surface area contributed by atoms with E-state index in [4.69, 9.17) is 5.26 Å². The number of aryl methyl sites for hydroxylation is 2. The molecule has 0 bridgehead atoms. The standard InChI is InChI=1S/C14H13F3N4O.CH4/c1-7-5-10(14(15,16)17)9(3)21(22)13(7)12-8(2)11(6-18)20(4)19-12;/h5H,1-4H3;1H4. The van der Waals surface area contributed by atoms with Gasteiger partial charge in [0, 0.05) is 25.1 Å². The number of hydrogen-bond donors (Lipinski definition) is 0. The maximum atomic E-state index is 12.9. The summed E-state index contributed by atoms with van der Waals surface area (Å²) in [6.45, 7) is 4.13. The van der Waals surface area contributed by atoms with Gasteiger partial charge in [-0.25, -0.2) is 0 Å². The molecule has 0 unspecified atom stereocenters. The summed E-state index contributed by atoms with van der Waals surface area (Å²) in [5, 5.41) is 25.5. The molecule has 0 spiro atoms. The van der Waals surface area contributed by atoms with Gasteiger partial charge in [0.15, 0.2) is 5.69 Å². The molecule has 124 valence electrons. The van der Waals surface area contributed by atoms with E-state index in [9.17, 15) is 18.4 Å². The summed E-state index contributed by atoms with van der Waals surface area (Å²) in [7, 11) is 1.54. The van der Waals surface area contributed by atoms with E-state index in [1.807, 2.05) is 6.07 Å². The van der Waals surface area contributed by atoms with Crippen molar-refractivity contribution in [2.45, 2.75) is 34.4 Å². The van der Waals surface area contributed by atoms with Gasteiger partial charge in [-0.2, -0.15) is 28.3 Å². The lowest BCUT2D eigenvalue weighted by Gasteiger charge is -2.14. The van der Waals surface area contributed by atoms with Crippen molar-refractivity contribution in [2.24, 2.45) is 7.05 Å². The van der Waals surface area contributed by atoms with Crippen LogP contribution in [0, 0.1) is 37.3 Å². The molecule has 0 radical (unpaired) electrons. The molecular weight excluding hydrogens is 309 g/mol. The lowest BCUT2D eigenvalue weighted by molar-refractivity contribution is -0.602. The first kappa shape index (κ1) is 18.5. The van der Waals surface area contributed by atoms with Crippen LogP contribution in [0.2, 0.25) is 0 Å². The Labute approximate surface area is 132 Å². The third-order valence-corrected chi connectivity index (χ3v) is 3.55.